The predicted molar refractivity (Wildman–Crippen MR) is 106 cm³/mol. The maximum Gasteiger partial charge on any atom is 0.217 e. The first-order valence-corrected chi connectivity index (χ1v) is 9.26. The zero-order valence-electron chi connectivity index (χ0n) is 16.5. The van der Waals surface area contributed by atoms with Gasteiger partial charge in [0.2, 0.25) is 5.91 Å². The standard InChI is InChI=1S/C22H28N2O3/c1-15-5-7-18(8-6-15)21-13-24(14-22(21)23-16(2)25)12-17-9-19(26-3)11-20(10-17)27-4/h5-11,21-22H,12-14H2,1-4H3,(H,23,25)/t21-,22+/m0/s1. The monoisotopic (exact) mass is 368 g/mol. The Morgan fingerprint density at radius 2 is 1.70 bits per heavy atom. The summed E-state index contributed by atoms with van der Waals surface area (Å²) < 4.78 is 10.8. The molecule has 1 fully saturated rings. The Kier molecular flexibility index (Phi) is 6.01. The highest BCUT2D eigenvalue weighted by Crippen LogP contribution is 2.30. The summed E-state index contributed by atoms with van der Waals surface area (Å²) in [5.41, 5.74) is 3.65. The van der Waals surface area contributed by atoms with E-state index in [4.69, 9.17) is 9.47 Å². The number of nitrogens with zero attached hydrogens (tertiary/aromatic N) is 1. The van der Waals surface area contributed by atoms with Crippen molar-refractivity contribution in [2.75, 3.05) is 27.3 Å². The molecule has 1 amide bonds. The van der Waals surface area contributed by atoms with E-state index in [1.807, 2.05) is 18.2 Å². The first-order chi connectivity index (χ1) is 13.0. The molecule has 1 aliphatic rings. The fraction of sp³-hybridized carbons (Fsp3) is 0.409. The zero-order valence-corrected chi connectivity index (χ0v) is 16.5. The van der Waals surface area contributed by atoms with Gasteiger partial charge < -0.3 is 14.8 Å². The number of methoxy groups -OCH3 is 2. The van der Waals surface area contributed by atoms with Crippen LogP contribution in [-0.4, -0.2) is 44.2 Å². The van der Waals surface area contributed by atoms with Gasteiger partial charge in [0.15, 0.2) is 0 Å². The lowest BCUT2D eigenvalue weighted by molar-refractivity contribution is -0.119. The molecule has 3 rings (SSSR count). The fourth-order valence-corrected chi connectivity index (χ4v) is 3.79. The molecule has 5 heteroatoms. The molecule has 1 aliphatic heterocycles. The molecule has 144 valence electrons. The molecular weight excluding hydrogens is 340 g/mol. The average molecular weight is 368 g/mol. The minimum absolute atomic E-state index is 0.0158. The van der Waals surface area contributed by atoms with Crippen LogP contribution in [-0.2, 0) is 11.3 Å². The summed E-state index contributed by atoms with van der Waals surface area (Å²) in [4.78, 5) is 14.1. The van der Waals surface area contributed by atoms with Crippen molar-refractivity contribution in [2.24, 2.45) is 0 Å². The quantitative estimate of drug-likeness (QED) is 0.851. The summed E-state index contributed by atoms with van der Waals surface area (Å²) in [6.45, 7) is 6.17. The van der Waals surface area contributed by atoms with E-state index in [2.05, 4.69) is 41.4 Å². The van der Waals surface area contributed by atoms with Gasteiger partial charge in [0.05, 0.1) is 14.2 Å². The van der Waals surface area contributed by atoms with Crippen LogP contribution < -0.4 is 14.8 Å². The van der Waals surface area contributed by atoms with Crippen molar-refractivity contribution in [3.05, 3.63) is 59.2 Å². The molecule has 0 spiro atoms. The van der Waals surface area contributed by atoms with Gasteiger partial charge in [0, 0.05) is 44.6 Å². The maximum absolute atomic E-state index is 11.7. The number of carbonyl (C=O) groups is 1. The molecule has 0 aromatic heterocycles. The van der Waals surface area contributed by atoms with E-state index in [9.17, 15) is 4.79 Å². The van der Waals surface area contributed by atoms with Crippen LogP contribution in [0, 0.1) is 6.92 Å². The Morgan fingerprint density at radius 3 is 2.26 bits per heavy atom. The second-order valence-electron chi connectivity index (χ2n) is 7.24. The van der Waals surface area contributed by atoms with Crippen molar-refractivity contribution in [3.63, 3.8) is 0 Å². The molecule has 5 nitrogen and oxygen atoms in total. The summed E-state index contributed by atoms with van der Waals surface area (Å²) in [5, 5.41) is 3.14. The van der Waals surface area contributed by atoms with Gasteiger partial charge in [-0.3, -0.25) is 9.69 Å². The van der Waals surface area contributed by atoms with Gasteiger partial charge in [0.1, 0.15) is 11.5 Å². The smallest absolute Gasteiger partial charge is 0.217 e. The molecule has 2 aromatic carbocycles. The minimum Gasteiger partial charge on any atom is -0.497 e. The predicted octanol–water partition coefficient (Wildman–Crippen LogP) is 3.12. The molecule has 0 bridgehead atoms. The zero-order chi connectivity index (χ0) is 19.4. The van der Waals surface area contributed by atoms with E-state index >= 15 is 0 Å². The number of hydrogen-bond acceptors (Lipinski definition) is 4. The lowest BCUT2D eigenvalue weighted by Crippen LogP contribution is -2.38. The Labute approximate surface area is 161 Å². The summed E-state index contributed by atoms with van der Waals surface area (Å²) in [6, 6.07) is 14.7. The van der Waals surface area contributed by atoms with Crippen LogP contribution in [0.25, 0.3) is 0 Å². The third-order valence-corrected chi connectivity index (χ3v) is 5.11. The molecule has 2 atom stereocenters. The SMILES string of the molecule is COc1cc(CN2C[C@@H](NC(C)=O)[C@H](c3ccc(C)cc3)C2)cc(OC)c1. The van der Waals surface area contributed by atoms with Crippen LogP contribution in [0.1, 0.15) is 29.5 Å². The van der Waals surface area contributed by atoms with E-state index in [0.29, 0.717) is 0 Å². The highest BCUT2D eigenvalue weighted by Gasteiger charge is 2.34. The first-order valence-electron chi connectivity index (χ1n) is 9.26. The van der Waals surface area contributed by atoms with E-state index in [-0.39, 0.29) is 17.9 Å². The molecule has 0 saturated carbocycles. The highest BCUT2D eigenvalue weighted by atomic mass is 16.5. The van der Waals surface area contributed by atoms with E-state index < -0.39 is 0 Å². The lowest BCUT2D eigenvalue weighted by atomic mass is 9.93. The van der Waals surface area contributed by atoms with Gasteiger partial charge in [-0.15, -0.1) is 0 Å². The van der Waals surface area contributed by atoms with Crippen molar-refractivity contribution >= 4 is 5.91 Å². The first kappa shape index (κ1) is 19.2. The number of amides is 1. The number of likely N-dealkylation sites (tertiary alicyclic amines) is 1. The van der Waals surface area contributed by atoms with Crippen molar-refractivity contribution in [1.82, 2.24) is 10.2 Å². The number of ether oxygens (including phenoxy) is 2. The van der Waals surface area contributed by atoms with Crippen LogP contribution in [0.3, 0.4) is 0 Å². The summed E-state index contributed by atoms with van der Waals surface area (Å²) >= 11 is 0. The molecule has 1 heterocycles. The topological polar surface area (TPSA) is 50.8 Å². The minimum atomic E-state index is 0.0158. The van der Waals surface area contributed by atoms with Gasteiger partial charge in [-0.2, -0.15) is 0 Å². The Morgan fingerprint density at radius 1 is 1.07 bits per heavy atom. The molecule has 0 unspecified atom stereocenters. The van der Waals surface area contributed by atoms with Gasteiger partial charge in [0.25, 0.3) is 0 Å². The van der Waals surface area contributed by atoms with Gasteiger partial charge in [-0.25, -0.2) is 0 Å². The number of rotatable bonds is 6. The Balaban J connectivity index is 1.79. The van der Waals surface area contributed by atoms with Gasteiger partial charge in [-0.05, 0) is 30.2 Å². The molecular formula is C22H28N2O3. The van der Waals surface area contributed by atoms with Crippen LogP contribution in [0.2, 0.25) is 0 Å². The number of carbonyl (C=O) groups excluding carboxylic acids is 1. The second kappa shape index (κ2) is 8.44. The maximum atomic E-state index is 11.7. The summed E-state index contributed by atoms with van der Waals surface area (Å²) in [5.74, 6) is 1.87. The number of aryl methyl sites for hydroxylation is 1. The number of nitrogens with one attached hydrogen (secondary N) is 1. The molecule has 0 radical (unpaired) electrons. The number of hydrogen-bond donors (Lipinski definition) is 1. The molecule has 1 N–H and O–H groups in total. The molecule has 0 aliphatic carbocycles. The van der Waals surface area contributed by atoms with Crippen molar-refractivity contribution in [3.8, 4) is 11.5 Å². The van der Waals surface area contributed by atoms with Gasteiger partial charge >= 0.3 is 0 Å². The van der Waals surface area contributed by atoms with Crippen LogP contribution in [0.4, 0.5) is 0 Å². The van der Waals surface area contributed by atoms with Crippen LogP contribution >= 0.6 is 0 Å². The van der Waals surface area contributed by atoms with Gasteiger partial charge in [-0.1, -0.05) is 29.8 Å². The third kappa shape index (κ3) is 4.80. The lowest BCUT2D eigenvalue weighted by Gasteiger charge is -2.19. The van der Waals surface area contributed by atoms with Crippen molar-refractivity contribution in [2.45, 2.75) is 32.4 Å². The van der Waals surface area contributed by atoms with E-state index in [1.54, 1.807) is 21.1 Å². The van der Waals surface area contributed by atoms with Crippen molar-refractivity contribution in [1.29, 1.82) is 0 Å². The molecule has 1 saturated heterocycles. The van der Waals surface area contributed by atoms with E-state index in [1.165, 1.54) is 11.1 Å². The third-order valence-electron chi connectivity index (χ3n) is 5.11. The van der Waals surface area contributed by atoms with Crippen molar-refractivity contribution < 1.29 is 14.3 Å². The largest absolute Gasteiger partial charge is 0.497 e. The molecule has 2 aromatic rings. The normalized spacial score (nSPS) is 19.7. The second-order valence-corrected chi connectivity index (χ2v) is 7.24. The van der Waals surface area contributed by atoms with E-state index in [0.717, 1.165) is 36.7 Å². The molecule has 27 heavy (non-hydrogen) atoms. The van der Waals surface area contributed by atoms with Crippen LogP contribution in [0.5, 0.6) is 11.5 Å². The highest BCUT2D eigenvalue weighted by molar-refractivity contribution is 5.73. The van der Waals surface area contributed by atoms with Crippen LogP contribution in [0.15, 0.2) is 42.5 Å². The fourth-order valence-electron chi connectivity index (χ4n) is 3.79. The average Bonchev–Trinajstić information content (AvgIpc) is 3.03. The summed E-state index contributed by atoms with van der Waals surface area (Å²) in [6.07, 6.45) is 0. The Bertz CT molecular complexity index is 766. The Hall–Kier alpha value is -2.53. The number of benzene rings is 2. The summed E-state index contributed by atoms with van der Waals surface area (Å²) in [7, 11) is 3.32.